The molecule has 1 aliphatic carbocycles. The van der Waals surface area contributed by atoms with E-state index in [1.807, 2.05) is 18.2 Å². The number of carbonyl (C=O) groups is 1. The van der Waals surface area contributed by atoms with E-state index >= 15 is 0 Å². The Kier molecular flexibility index (Phi) is 3.14. The van der Waals surface area contributed by atoms with Gasteiger partial charge in [-0.15, -0.1) is 0 Å². The SMILES string of the molecule is O=C(NCc1ccncc1)Nc1cc(C2CC2)n[nH]1. The normalized spacial score (nSPS) is 14.1. The third-order valence-corrected chi connectivity index (χ3v) is 3.04. The topological polar surface area (TPSA) is 82.7 Å². The summed E-state index contributed by atoms with van der Waals surface area (Å²) in [5.41, 5.74) is 2.04. The zero-order chi connectivity index (χ0) is 13.1. The van der Waals surface area contributed by atoms with Crippen LogP contribution in [0.15, 0.2) is 30.6 Å². The maximum absolute atomic E-state index is 11.7. The number of hydrogen-bond donors (Lipinski definition) is 3. The Bertz CT molecular complexity index is 561. The van der Waals surface area contributed by atoms with Crippen molar-refractivity contribution in [3.63, 3.8) is 0 Å². The Labute approximate surface area is 110 Å². The van der Waals surface area contributed by atoms with E-state index in [0.717, 1.165) is 11.3 Å². The summed E-state index contributed by atoms with van der Waals surface area (Å²) in [4.78, 5) is 15.6. The summed E-state index contributed by atoms with van der Waals surface area (Å²) >= 11 is 0. The van der Waals surface area contributed by atoms with Crippen molar-refractivity contribution in [3.05, 3.63) is 41.9 Å². The minimum absolute atomic E-state index is 0.247. The molecule has 2 aromatic heterocycles. The Morgan fingerprint density at radius 1 is 1.37 bits per heavy atom. The highest BCUT2D eigenvalue weighted by Gasteiger charge is 2.26. The molecule has 1 saturated carbocycles. The molecule has 0 saturated heterocycles. The summed E-state index contributed by atoms with van der Waals surface area (Å²) in [6.07, 6.45) is 5.79. The van der Waals surface area contributed by atoms with E-state index in [1.54, 1.807) is 12.4 Å². The van der Waals surface area contributed by atoms with Crippen molar-refractivity contribution in [1.29, 1.82) is 0 Å². The van der Waals surface area contributed by atoms with Crippen LogP contribution in [0.4, 0.5) is 10.6 Å². The van der Waals surface area contributed by atoms with E-state index in [1.165, 1.54) is 12.8 Å². The molecular weight excluding hydrogens is 242 g/mol. The van der Waals surface area contributed by atoms with Crippen LogP contribution in [0.3, 0.4) is 0 Å². The van der Waals surface area contributed by atoms with Gasteiger partial charge < -0.3 is 5.32 Å². The molecule has 6 heteroatoms. The Balaban J connectivity index is 1.50. The van der Waals surface area contributed by atoms with E-state index in [9.17, 15) is 4.79 Å². The number of aromatic nitrogens is 3. The van der Waals surface area contributed by atoms with Gasteiger partial charge in [0.05, 0.1) is 5.69 Å². The first-order valence-electron chi connectivity index (χ1n) is 6.30. The van der Waals surface area contributed by atoms with Gasteiger partial charge in [-0.1, -0.05) is 0 Å². The van der Waals surface area contributed by atoms with Crippen LogP contribution >= 0.6 is 0 Å². The van der Waals surface area contributed by atoms with Gasteiger partial charge in [0.25, 0.3) is 0 Å². The Morgan fingerprint density at radius 3 is 2.89 bits per heavy atom. The van der Waals surface area contributed by atoms with E-state index in [-0.39, 0.29) is 6.03 Å². The molecule has 2 heterocycles. The van der Waals surface area contributed by atoms with Gasteiger partial charge in [0, 0.05) is 30.9 Å². The van der Waals surface area contributed by atoms with Crippen LogP contribution in [0.25, 0.3) is 0 Å². The molecule has 0 radical (unpaired) electrons. The third kappa shape index (κ3) is 3.09. The molecule has 98 valence electrons. The van der Waals surface area contributed by atoms with Crippen LogP contribution in [0.1, 0.15) is 30.0 Å². The summed E-state index contributed by atoms with van der Waals surface area (Å²) in [5, 5.41) is 12.5. The van der Waals surface area contributed by atoms with Crippen LogP contribution in [0.5, 0.6) is 0 Å². The molecule has 1 fully saturated rings. The van der Waals surface area contributed by atoms with Crippen LogP contribution in [0.2, 0.25) is 0 Å². The molecule has 0 bridgehead atoms. The van der Waals surface area contributed by atoms with Gasteiger partial charge in [0.1, 0.15) is 5.82 Å². The molecule has 0 aromatic carbocycles. The van der Waals surface area contributed by atoms with E-state index in [2.05, 4.69) is 25.8 Å². The number of H-pyrrole nitrogens is 1. The summed E-state index contributed by atoms with van der Waals surface area (Å²) in [5.74, 6) is 1.21. The smallest absolute Gasteiger partial charge is 0.320 e. The van der Waals surface area contributed by atoms with Gasteiger partial charge in [-0.25, -0.2) is 4.79 Å². The maximum Gasteiger partial charge on any atom is 0.320 e. The lowest BCUT2D eigenvalue weighted by atomic mass is 10.3. The molecule has 2 aromatic rings. The summed E-state index contributed by atoms with van der Waals surface area (Å²) in [7, 11) is 0. The number of nitrogens with zero attached hydrogens (tertiary/aromatic N) is 2. The molecule has 3 rings (SSSR count). The lowest BCUT2D eigenvalue weighted by molar-refractivity contribution is 0.251. The Morgan fingerprint density at radius 2 is 2.16 bits per heavy atom. The average molecular weight is 257 g/mol. The highest BCUT2D eigenvalue weighted by atomic mass is 16.2. The van der Waals surface area contributed by atoms with Crippen molar-refractivity contribution in [2.24, 2.45) is 0 Å². The minimum atomic E-state index is -0.247. The monoisotopic (exact) mass is 257 g/mol. The van der Waals surface area contributed by atoms with Crippen molar-refractivity contribution in [2.45, 2.75) is 25.3 Å². The fourth-order valence-electron chi connectivity index (χ4n) is 1.84. The summed E-state index contributed by atoms with van der Waals surface area (Å²) in [6.45, 7) is 0.470. The molecule has 19 heavy (non-hydrogen) atoms. The highest BCUT2D eigenvalue weighted by Crippen LogP contribution is 2.39. The molecule has 0 aliphatic heterocycles. The largest absolute Gasteiger partial charge is 0.334 e. The second kappa shape index (κ2) is 5.09. The van der Waals surface area contributed by atoms with Crippen LogP contribution in [-0.2, 0) is 6.54 Å². The molecule has 0 spiro atoms. The van der Waals surface area contributed by atoms with Gasteiger partial charge in [-0.3, -0.25) is 15.4 Å². The number of hydrogen-bond acceptors (Lipinski definition) is 3. The number of rotatable bonds is 4. The van der Waals surface area contributed by atoms with Crippen LogP contribution in [0, 0.1) is 0 Å². The van der Waals surface area contributed by atoms with Crippen molar-refractivity contribution in [1.82, 2.24) is 20.5 Å². The molecule has 0 unspecified atom stereocenters. The predicted molar refractivity (Wildman–Crippen MR) is 70.7 cm³/mol. The van der Waals surface area contributed by atoms with Gasteiger partial charge in [-0.05, 0) is 30.5 Å². The molecule has 6 nitrogen and oxygen atoms in total. The molecule has 3 N–H and O–H groups in total. The van der Waals surface area contributed by atoms with Crippen LogP contribution in [-0.4, -0.2) is 21.2 Å². The van der Waals surface area contributed by atoms with Crippen LogP contribution < -0.4 is 10.6 Å². The average Bonchev–Trinajstić information content (AvgIpc) is 3.19. The lowest BCUT2D eigenvalue weighted by Crippen LogP contribution is -2.28. The standard InChI is InChI=1S/C13H15N5O/c19-13(15-8-9-3-5-14-6-4-9)16-12-7-11(17-18-12)10-1-2-10/h3-7,10H,1-2,8H2,(H3,15,16,17,18,19). The first-order chi connectivity index (χ1) is 9.31. The molecule has 1 aliphatic rings. The molecule has 0 atom stereocenters. The second-order valence-corrected chi connectivity index (χ2v) is 4.64. The number of urea groups is 1. The fraction of sp³-hybridized carbons (Fsp3) is 0.308. The first-order valence-corrected chi connectivity index (χ1v) is 6.30. The van der Waals surface area contributed by atoms with Crippen molar-refractivity contribution >= 4 is 11.8 Å². The minimum Gasteiger partial charge on any atom is -0.334 e. The zero-order valence-corrected chi connectivity index (χ0v) is 10.4. The summed E-state index contributed by atoms with van der Waals surface area (Å²) in [6, 6.07) is 5.37. The quantitative estimate of drug-likeness (QED) is 0.783. The number of amides is 2. The highest BCUT2D eigenvalue weighted by molar-refractivity contribution is 5.88. The predicted octanol–water partition coefficient (Wildman–Crippen LogP) is 2.00. The number of carbonyl (C=O) groups excluding carboxylic acids is 1. The van der Waals surface area contributed by atoms with E-state index < -0.39 is 0 Å². The summed E-state index contributed by atoms with van der Waals surface area (Å²) < 4.78 is 0. The number of anilines is 1. The van der Waals surface area contributed by atoms with Gasteiger partial charge in [-0.2, -0.15) is 5.10 Å². The van der Waals surface area contributed by atoms with E-state index in [4.69, 9.17) is 0 Å². The second-order valence-electron chi connectivity index (χ2n) is 4.64. The van der Waals surface area contributed by atoms with Crippen molar-refractivity contribution in [3.8, 4) is 0 Å². The maximum atomic E-state index is 11.7. The molecular formula is C13H15N5O. The van der Waals surface area contributed by atoms with Crippen molar-refractivity contribution < 1.29 is 4.79 Å². The van der Waals surface area contributed by atoms with Gasteiger partial charge in [0.2, 0.25) is 0 Å². The van der Waals surface area contributed by atoms with Gasteiger partial charge >= 0.3 is 6.03 Å². The van der Waals surface area contributed by atoms with Gasteiger partial charge in [0.15, 0.2) is 0 Å². The van der Waals surface area contributed by atoms with Crippen molar-refractivity contribution in [2.75, 3.05) is 5.32 Å². The number of pyridine rings is 1. The molecule has 2 amide bonds. The zero-order valence-electron chi connectivity index (χ0n) is 10.4. The first kappa shape index (κ1) is 11.7. The third-order valence-electron chi connectivity index (χ3n) is 3.04. The lowest BCUT2D eigenvalue weighted by Gasteiger charge is -2.05. The van der Waals surface area contributed by atoms with E-state index in [0.29, 0.717) is 18.3 Å². The fourth-order valence-corrected chi connectivity index (χ4v) is 1.84. The number of nitrogens with one attached hydrogen (secondary N) is 3. The number of aromatic amines is 1. The Hall–Kier alpha value is -2.37.